The second kappa shape index (κ2) is 6.26. The fraction of sp³-hybridized carbons (Fsp3) is 0.364. The van der Waals surface area contributed by atoms with Gasteiger partial charge in [-0.2, -0.15) is 0 Å². The first-order valence-electron chi connectivity index (χ1n) is 5.20. The molecule has 3 nitrogen and oxygen atoms in total. The fourth-order valence-electron chi connectivity index (χ4n) is 1.47. The monoisotopic (exact) mass is 303 g/mol. The van der Waals surface area contributed by atoms with Crippen molar-refractivity contribution in [1.82, 2.24) is 10.5 Å². The van der Waals surface area contributed by atoms with Gasteiger partial charge in [-0.05, 0) is 0 Å². The first-order valence-corrected chi connectivity index (χ1v) is 7.72. The molecular formula is C11H14ClN3Se. The molecule has 1 aromatic carbocycles. The van der Waals surface area contributed by atoms with Crippen LogP contribution in [-0.4, -0.2) is 36.0 Å². The second-order valence-corrected chi connectivity index (χ2v) is 5.99. The Morgan fingerprint density at radius 2 is 2.19 bits per heavy atom. The number of hydrogen-bond acceptors (Lipinski definition) is 3. The van der Waals surface area contributed by atoms with Gasteiger partial charge in [-0.1, -0.05) is 0 Å². The molecule has 1 N–H and O–H groups in total. The molecule has 0 aliphatic carbocycles. The van der Waals surface area contributed by atoms with Crippen molar-refractivity contribution in [2.75, 3.05) is 5.88 Å². The Morgan fingerprint density at radius 3 is 2.94 bits per heavy atom. The summed E-state index contributed by atoms with van der Waals surface area (Å²) >= 11 is 6.21. The molecule has 0 spiro atoms. The van der Waals surface area contributed by atoms with Crippen molar-refractivity contribution in [3.63, 3.8) is 0 Å². The van der Waals surface area contributed by atoms with Crippen LogP contribution in [0, 0.1) is 0 Å². The average molecular weight is 303 g/mol. The van der Waals surface area contributed by atoms with E-state index in [4.69, 9.17) is 11.6 Å². The summed E-state index contributed by atoms with van der Waals surface area (Å²) in [5.41, 5.74) is 4.59. The number of hydrazone groups is 1. The zero-order valence-corrected chi connectivity index (χ0v) is 11.3. The van der Waals surface area contributed by atoms with Crippen LogP contribution in [0.4, 0.5) is 0 Å². The van der Waals surface area contributed by atoms with Crippen molar-refractivity contribution < 1.29 is 0 Å². The van der Waals surface area contributed by atoms with Gasteiger partial charge in [0.15, 0.2) is 0 Å². The van der Waals surface area contributed by atoms with Crippen molar-refractivity contribution in [3.05, 3.63) is 35.9 Å². The number of halogens is 1. The summed E-state index contributed by atoms with van der Waals surface area (Å²) in [6.07, 6.45) is 0.989. The van der Waals surface area contributed by atoms with Crippen LogP contribution in [0.2, 0.25) is 0 Å². The molecule has 0 saturated carbocycles. The van der Waals surface area contributed by atoms with Gasteiger partial charge in [0.2, 0.25) is 0 Å². The third kappa shape index (κ3) is 3.22. The van der Waals surface area contributed by atoms with Crippen molar-refractivity contribution in [1.29, 1.82) is 0 Å². The van der Waals surface area contributed by atoms with Crippen molar-refractivity contribution in [2.45, 2.75) is 17.9 Å². The van der Waals surface area contributed by atoms with E-state index < -0.39 is 0 Å². The van der Waals surface area contributed by atoms with Gasteiger partial charge in [-0.3, -0.25) is 0 Å². The minimum atomic E-state index is 0.443. The van der Waals surface area contributed by atoms with Crippen LogP contribution in [0.1, 0.15) is 12.0 Å². The van der Waals surface area contributed by atoms with Crippen LogP contribution < -0.4 is 5.43 Å². The maximum atomic E-state index is 5.76. The number of hydrazine groups is 1. The standard InChI is InChI=1S/C11H14ClN3Se/c12-7-6-11-15(14-9-16-11)13-8-10-4-2-1-3-5-10/h1-5,9,11,13H,6-8H2. The van der Waals surface area contributed by atoms with Crippen molar-refractivity contribution in [2.24, 2.45) is 5.10 Å². The molecule has 1 aromatic rings. The molecule has 1 aliphatic heterocycles. The third-order valence-electron chi connectivity index (χ3n) is 2.31. The Hall–Kier alpha value is -0.541. The predicted octanol–water partition coefficient (Wildman–Crippen LogP) is 1.61. The summed E-state index contributed by atoms with van der Waals surface area (Å²) < 4.78 is 0. The zero-order chi connectivity index (χ0) is 11.2. The Morgan fingerprint density at radius 1 is 1.38 bits per heavy atom. The van der Waals surface area contributed by atoms with Crippen LogP contribution in [0.25, 0.3) is 0 Å². The van der Waals surface area contributed by atoms with E-state index >= 15 is 0 Å². The van der Waals surface area contributed by atoms with Gasteiger partial charge < -0.3 is 0 Å². The molecule has 1 unspecified atom stereocenters. The van der Waals surface area contributed by atoms with Gasteiger partial charge in [-0.25, -0.2) is 0 Å². The molecule has 0 saturated heterocycles. The molecule has 5 heteroatoms. The van der Waals surface area contributed by atoms with Crippen molar-refractivity contribution in [3.8, 4) is 0 Å². The zero-order valence-electron chi connectivity index (χ0n) is 8.84. The summed E-state index contributed by atoms with van der Waals surface area (Å²) in [4.78, 5) is 0.466. The molecule has 0 amide bonds. The molecule has 16 heavy (non-hydrogen) atoms. The van der Waals surface area contributed by atoms with E-state index in [0.717, 1.165) is 13.0 Å². The third-order valence-corrected chi connectivity index (χ3v) is 4.55. The number of alkyl halides is 1. The van der Waals surface area contributed by atoms with Gasteiger partial charge in [0.25, 0.3) is 0 Å². The molecule has 1 heterocycles. The minimum absolute atomic E-state index is 0.443. The summed E-state index contributed by atoms with van der Waals surface area (Å²) in [6, 6.07) is 10.3. The first kappa shape index (κ1) is 11.9. The molecular weight excluding hydrogens is 289 g/mol. The van der Waals surface area contributed by atoms with Gasteiger partial charge in [0.05, 0.1) is 0 Å². The van der Waals surface area contributed by atoms with Gasteiger partial charge in [0.1, 0.15) is 0 Å². The number of nitrogens with zero attached hydrogens (tertiary/aromatic N) is 2. The Labute approximate surface area is 107 Å². The molecule has 86 valence electrons. The second-order valence-electron chi connectivity index (χ2n) is 3.45. The Balaban J connectivity index is 1.83. The fourth-order valence-corrected chi connectivity index (χ4v) is 3.64. The normalized spacial score (nSPS) is 19.3. The SMILES string of the molecule is ClCCC1[Se]C=NN1NCc1ccccc1. The van der Waals surface area contributed by atoms with Crippen LogP contribution in [0.3, 0.4) is 0 Å². The predicted molar refractivity (Wildman–Crippen MR) is 68.5 cm³/mol. The molecule has 1 atom stereocenters. The first-order chi connectivity index (χ1) is 7.90. The number of rotatable bonds is 5. The summed E-state index contributed by atoms with van der Waals surface area (Å²) in [6.45, 7) is 0.813. The quantitative estimate of drug-likeness (QED) is 0.661. The van der Waals surface area contributed by atoms with E-state index in [-0.39, 0.29) is 0 Å². The molecule has 0 aromatic heterocycles. The van der Waals surface area contributed by atoms with E-state index in [2.05, 4.69) is 22.7 Å². The maximum absolute atomic E-state index is 5.76. The van der Waals surface area contributed by atoms with Crippen molar-refractivity contribution >= 4 is 31.7 Å². The van der Waals surface area contributed by atoms with E-state index in [0.29, 0.717) is 25.8 Å². The van der Waals surface area contributed by atoms with E-state index in [1.54, 1.807) is 0 Å². The topological polar surface area (TPSA) is 27.6 Å². The molecule has 0 fully saturated rings. The van der Waals surface area contributed by atoms with E-state index in [1.165, 1.54) is 5.56 Å². The summed E-state index contributed by atoms with van der Waals surface area (Å²) in [5, 5.41) is 8.27. The summed E-state index contributed by atoms with van der Waals surface area (Å²) in [5.74, 6) is 0.694. The molecule has 1 aliphatic rings. The van der Waals surface area contributed by atoms with Crippen LogP contribution in [0.5, 0.6) is 0 Å². The van der Waals surface area contributed by atoms with E-state index in [9.17, 15) is 0 Å². The van der Waals surface area contributed by atoms with E-state index in [1.807, 2.05) is 28.4 Å². The Bertz CT molecular complexity index is 344. The molecule has 0 radical (unpaired) electrons. The van der Waals surface area contributed by atoms with Gasteiger partial charge in [-0.15, -0.1) is 0 Å². The number of hydrogen-bond donors (Lipinski definition) is 1. The number of nitrogens with one attached hydrogen (secondary N) is 1. The van der Waals surface area contributed by atoms with Crippen LogP contribution >= 0.6 is 11.6 Å². The summed E-state index contributed by atoms with van der Waals surface area (Å²) in [7, 11) is 0. The van der Waals surface area contributed by atoms with Crippen LogP contribution in [-0.2, 0) is 6.54 Å². The van der Waals surface area contributed by atoms with Gasteiger partial charge in [0, 0.05) is 0 Å². The van der Waals surface area contributed by atoms with Crippen LogP contribution in [0.15, 0.2) is 35.4 Å². The average Bonchev–Trinajstić information content (AvgIpc) is 2.76. The Kier molecular flexibility index (Phi) is 4.67. The number of benzene rings is 1. The molecule has 0 bridgehead atoms. The van der Waals surface area contributed by atoms with Gasteiger partial charge >= 0.3 is 107 Å². The molecule has 2 rings (SSSR count).